The number of piperidine rings is 1. The molecular weight excluding hydrogens is 382 g/mol. The Morgan fingerprint density at radius 2 is 1.93 bits per heavy atom. The number of carbonyl (C=O) groups is 1. The third-order valence-corrected chi connectivity index (χ3v) is 5.76. The number of pyridine rings is 1. The fourth-order valence-electron chi connectivity index (χ4n) is 4.26. The zero-order valence-corrected chi connectivity index (χ0v) is 16.8. The van der Waals surface area contributed by atoms with Gasteiger partial charge in [0.2, 0.25) is 0 Å². The molecule has 0 N–H and O–H groups in total. The lowest BCUT2D eigenvalue weighted by Crippen LogP contribution is -2.40. The minimum Gasteiger partial charge on any atom is -0.337 e. The van der Waals surface area contributed by atoms with Crippen LogP contribution in [0.15, 0.2) is 47.7 Å². The summed E-state index contributed by atoms with van der Waals surface area (Å²) in [5.74, 6) is -0.0539. The first-order valence-corrected chi connectivity index (χ1v) is 10.3. The van der Waals surface area contributed by atoms with E-state index in [-0.39, 0.29) is 17.5 Å². The number of likely N-dealkylation sites (tertiary alicyclic amines) is 1. The van der Waals surface area contributed by atoms with E-state index in [0.29, 0.717) is 42.0 Å². The van der Waals surface area contributed by atoms with Crippen molar-refractivity contribution in [2.24, 2.45) is 0 Å². The number of amides is 1. The van der Waals surface area contributed by atoms with Crippen LogP contribution in [0.2, 0.25) is 0 Å². The summed E-state index contributed by atoms with van der Waals surface area (Å²) in [4.78, 5) is 34.7. The fourth-order valence-corrected chi connectivity index (χ4v) is 4.26. The molecule has 4 aromatic heterocycles. The number of rotatable bonds is 4. The van der Waals surface area contributed by atoms with Gasteiger partial charge in [0.25, 0.3) is 11.5 Å². The minimum atomic E-state index is -0.150. The second-order valence-corrected chi connectivity index (χ2v) is 7.64. The van der Waals surface area contributed by atoms with Crippen LogP contribution in [0.25, 0.3) is 16.7 Å². The van der Waals surface area contributed by atoms with Crippen LogP contribution >= 0.6 is 0 Å². The van der Waals surface area contributed by atoms with Crippen molar-refractivity contribution in [2.75, 3.05) is 13.1 Å². The second-order valence-electron chi connectivity index (χ2n) is 7.64. The van der Waals surface area contributed by atoms with Crippen molar-refractivity contribution in [1.82, 2.24) is 33.8 Å². The second kappa shape index (κ2) is 7.40. The fraction of sp³-hybridized carbons (Fsp3) is 0.381. The quantitative estimate of drug-likeness (QED) is 0.519. The SMILES string of the molecule is CCCn1c(C(=O)N2CCC(n3nccn3)CC2)cc2c(=O)n3ccccc3nc21. The molecule has 1 fully saturated rings. The number of hydrogen-bond acceptors (Lipinski definition) is 5. The molecule has 0 spiro atoms. The zero-order valence-electron chi connectivity index (χ0n) is 16.8. The Balaban J connectivity index is 1.51. The summed E-state index contributed by atoms with van der Waals surface area (Å²) in [5.41, 5.74) is 1.54. The van der Waals surface area contributed by atoms with Crippen LogP contribution in [0.4, 0.5) is 0 Å². The molecule has 0 saturated carbocycles. The molecule has 0 radical (unpaired) electrons. The minimum absolute atomic E-state index is 0.0539. The van der Waals surface area contributed by atoms with Gasteiger partial charge in [-0.05, 0) is 37.5 Å². The van der Waals surface area contributed by atoms with E-state index < -0.39 is 0 Å². The van der Waals surface area contributed by atoms with Gasteiger partial charge in [-0.3, -0.25) is 14.0 Å². The number of aromatic nitrogens is 6. The standard InChI is InChI=1S/C21H23N7O2/c1-2-10-26-17(14-16-19(26)24-18-5-3-4-11-27(18)20(16)29)21(30)25-12-6-15(7-13-25)28-22-8-9-23-28/h3-5,8-9,11,14-15H,2,6-7,10,12-13H2,1H3. The van der Waals surface area contributed by atoms with E-state index in [4.69, 9.17) is 0 Å². The van der Waals surface area contributed by atoms with E-state index in [9.17, 15) is 9.59 Å². The molecule has 1 amide bonds. The Morgan fingerprint density at radius 3 is 2.67 bits per heavy atom. The van der Waals surface area contributed by atoms with Gasteiger partial charge in [0, 0.05) is 25.8 Å². The van der Waals surface area contributed by atoms with Gasteiger partial charge >= 0.3 is 0 Å². The maximum Gasteiger partial charge on any atom is 0.270 e. The molecule has 4 aromatic rings. The van der Waals surface area contributed by atoms with Gasteiger partial charge in [0.05, 0.1) is 23.8 Å². The molecule has 0 bridgehead atoms. The molecule has 5 heterocycles. The molecular formula is C21H23N7O2. The summed E-state index contributed by atoms with van der Waals surface area (Å²) in [7, 11) is 0. The molecule has 0 atom stereocenters. The van der Waals surface area contributed by atoms with Gasteiger partial charge in [-0.25, -0.2) is 4.98 Å². The number of nitrogens with zero attached hydrogens (tertiary/aromatic N) is 7. The highest BCUT2D eigenvalue weighted by Crippen LogP contribution is 2.24. The molecule has 1 saturated heterocycles. The number of aryl methyl sites for hydroxylation is 1. The van der Waals surface area contributed by atoms with Crippen LogP contribution in [0, 0.1) is 0 Å². The Kier molecular flexibility index (Phi) is 4.57. The number of hydrogen-bond donors (Lipinski definition) is 0. The van der Waals surface area contributed by atoms with Crippen molar-refractivity contribution >= 4 is 22.6 Å². The maximum atomic E-state index is 13.4. The highest BCUT2D eigenvalue weighted by molar-refractivity contribution is 5.98. The Morgan fingerprint density at radius 1 is 1.17 bits per heavy atom. The molecule has 1 aliphatic rings. The summed E-state index contributed by atoms with van der Waals surface area (Å²) in [6, 6.07) is 7.38. The van der Waals surface area contributed by atoms with Gasteiger partial charge in [-0.15, -0.1) is 0 Å². The normalized spacial score (nSPS) is 15.3. The van der Waals surface area contributed by atoms with E-state index in [1.54, 1.807) is 41.6 Å². The smallest absolute Gasteiger partial charge is 0.270 e. The van der Waals surface area contributed by atoms with E-state index in [2.05, 4.69) is 22.1 Å². The monoisotopic (exact) mass is 405 g/mol. The van der Waals surface area contributed by atoms with Crippen LogP contribution in [-0.4, -0.2) is 52.8 Å². The maximum absolute atomic E-state index is 13.4. The molecule has 0 aliphatic carbocycles. The van der Waals surface area contributed by atoms with Crippen molar-refractivity contribution < 1.29 is 4.79 Å². The summed E-state index contributed by atoms with van der Waals surface area (Å²) in [6.07, 6.45) is 7.51. The first-order chi connectivity index (χ1) is 14.7. The molecule has 9 heteroatoms. The van der Waals surface area contributed by atoms with Crippen molar-refractivity contribution in [2.45, 2.75) is 38.8 Å². The number of fused-ring (bicyclic) bond motifs is 2. The molecule has 154 valence electrons. The molecule has 1 aliphatic heterocycles. The van der Waals surface area contributed by atoms with Crippen molar-refractivity contribution in [3.63, 3.8) is 0 Å². The lowest BCUT2D eigenvalue weighted by atomic mass is 10.1. The third kappa shape index (κ3) is 2.97. The highest BCUT2D eigenvalue weighted by Gasteiger charge is 2.28. The first kappa shape index (κ1) is 18.5. The zero-order chi connectivity index (χ0) is 20.7. The van der Waals surface area contributed by atoms with Crippen molar-refractivity contribution in [3.05, 3.63) is 58.9 Å². The summed E-state index contributed by atoms with van der Waals surface area (Å²) in [6.45, 7) is 3.95. The molecule has 5 rings (SSSR count). The van der Waals surface area contributed by atoms with Gasteiger partial charge in [0.15, 0.2) is 0 Å². The summed E-state index contributed by atoms with van der Waals surface area (Å²) >= 11 is 0. The Hall–Kier alpha value is -3.49. The lowest BCUT2D eigenvalue weighted by molar-refractivity contribution is 0.0673. The van der Waals surface area contributed by atoms with Crippen LogP contribution in [0.1, 0.15) is 42.7 Å². The average molecular weight is 405 g/mol. The van der Waals surface area contributed by atoms with Gasteiger partial charge in [-0.1, -0.05) is 13.0 Å². The van der Waals surface area contributed by atoms with Crippen LogP contribution in [0.3, 0.4) is 0 Å². The average Bonchev–Trinajstić information content (AvgIpc) is 3.43. The molecule has 9 nitrogen and oxygen atoms in total. The van der Waals surface area contributed by atoms with Crippen LogP contribution in [-0.2, 0) is 6.54 Å². The van der Waals surface area contributed by atoms with Crippen molar-refractivity contribution in [3.8, 4) is 0 Å². The van der Waals surface area contributed by atoms with E-state index in [1.165, 1.54) is 4.40 Å². The Bertz CT molecular complexity index is 1260. The lowest BCUT2D eigenvalue weighted by Gasteiger charge is -2.31. The largest absolute Gasteiger partial charge is 0.337 e. The van der Waals surface area contributed by atoms with Gasteiger partial charge < -0.3 is 9.47 Å². The highest BCUT2D eigenvalue weighted by atomic mass is 16.2. The molecule has 0 unspecified atom stereocenters. The third-order valence-electron chi connectivity index (χ3n) is 5.76. The van der Waals surface area contributed by atoms with Crippen molar-refractivity contribution in [1.29, 1.82) is 0 Å². The van der Waals surface area contributed by atoms with Gasteiger partial charge in [0.1, 0.15) is 17.0 Å². The summed E-state index contributed by atoms with van der Waals surface area (Å²) < 4.78 is 3.42. The number of carbonyl (C=O) groups excluding carboxylic acids is 1. The first-order valence-electron chi connectivity index (χ1n) is 10.3. The molecule has 0 aromatic carbocycles. The van der Waals surface area contributed by atoms with E-state index in [0.717, 1.165) is 19.3 Å². The predicted molar refractivity (Wildman–Crippen MR) is 111 cm³/mol. The van der Waals surface area contributed by atoms with E-state index >= 15 is 0 Å². The Labute approximate surface area is 172 Å². The van der Waals surface area contributed by atoms with Crippen LogP contribution < -0.4 is 5.56 Å². The van der Waals surface area contributed by atoms with E-state index in [1.807, 2.05) is 15.5 Å². The molecule has 30 heavy (non-hydrogen) atoms. The summed E-state index contributed by atoms with van der Waals surface area (Å²) in [5, 5.41) is 8.93. The predicted octanol–water partition coefficient (Wildman–Crippen LogP) is 2.13. The van der Waals surface area contributed by atoms with Gasteiger partial charge in [-0.2, -0.15) is 15.0 Å². The van der Waals surface area contributed by atoms with Crippen LogP contribution in [0.5, 0.6) is 0 Å². The topological polar surface area (TPSA) is 90.3 Å².